The average molecular weight is 482 g/mol. The van der Waals surface area contributed by atoms with Crippen LogP contribution in [0.1, 0.15) is 48.7 Å². The number of likely N-dealkylation sites (tertiary alicyclic amines) is 1. The van der Waals surface area contributed by atoms with Crippen LogP contribution >= 0.6 is 0 Å². The number of carbonyl (C=O) groups excluding carboxylic acids is 1. The third kappa shape index (κ3) is 4.43. The van der Waals surface area contributed by atoms with Gasteiger partial charge in [0.15, 0.2) is 18.1 Å². The maximum Gasteiger partial charge on any atom is 0.341 e. The Labute approximate surface area is 204 Å². The lowest BCUT2D eigenvalue weighted by atomic mass is 9.70. The molecule has 2 aromatic carbocycles. The Kier molecular flexibility index (Phi) is 6.09. The molecule has 3 aliphatic heterocycles. The van der Waals surface area contributed by atoms with Gasteiger partial charge in [-0.25, -0.2) is 4.79 Å². The minimum atomic E-state index is -1.06. The van der Waals surface area contributed by atoms with Gasteiger partial charge in [0.2, 0.25) is 0 Å². The Morgan fingerprint density at radius 1 is 1.20 bits per heavy atom. The van der Waals surface area contributed by atoms with Crippen LogP contribution in [0.5, 0.6) is 17.2 Å². The topological polar surface area (TPSA) is 94.5 Å². The number of fused-ring (bicyclic) bond motifs is 4. The Balaban J connectivity index is 1.32. The molecule has 0 aliphatic carbocycles. The summed E-state index contributed by atoms with van der Waals surface area (Å²) in [6.45, 7) is 4.95. The summed E-state index contributed by atoms with van der Waals surface area (Å²) in [5.74, 6) is 1.05. The average Bonchev–Trinajstić information content (AvgIpc) is 2.85. The third-order valence-corrected chi connectivity index (χ3v) is 7.43. The lowest BCUT2D eigenvalue weighted by Crippen LogP contribution is -2.56. The number of piperidine rings is 1. The van der Waals surface area contributed by atoms with E-state index in [9.17, 15) is 9.59 Å². The van der Waals surface area contributed by atoms with Crippen molar-refractivity contribution in [3.8, 4) is 17.2 Å². The maximum absolute atomic E-state index is 13.3. The first-order chi connectivity index (χ1) is 16.8. The molecule has 4 atom stereocenters. The summed E-state index contributed by atoms with van der Waals surface area (Å²) in [7, 11) is 1.65. The quantitative estimate of drug-likeness (QED) is 0.691. The molecule has 1 amide bonds. The highest BCUT2D eigenvalue weighted by Gasteiger charge is 2.52. The van der Waals surface area contributed by atoms with Gasteiger partial charge >= 0.3 is 5.97 Å². The van der Waals surface area contributed by atoms with Crippen LogP contribution in [0.4, 0.5) is 0 Å². The molecule has 2 fully saturated rings. The number of carbonyl (C=O) groups is 2. The van der Waals surface area contributed by atoms with Gasteiger partial charge < -0.3 is 29.0 Å². The molecule has 0 radical (unpaired) electrons. The van der Waals surface area contributed by atoms with E-state index in [1.807, 2.05) is 17.0 Å². The number of hydrogen-bond acceptors (Lipinski definition) is 6. The highest BCUT2D eigenvalue weighted by atomic mass is 16.5. The van der Waals surface area contributed by atoms with E-state index in [-0.39, 0.29) is 30.0 Å². The van der Waals surface area contributed by atoms with Gasteiger partial charge in [-0.1, -0.05) is 18.2 Å². The van der Waals surface area contributed by atoms with Crippen LogP contribution < -0.4 is 14.2 Å². The zero-order valence-corrected chi connectivity index (χ0v) is 20.2. The molecule has 35 heavy (non-hydrogen) atoms. The number of para-hydroxylation sites is 1. The molecule has 8 heteroatoms. The summed E-state index contributed by atoms with van der Waals surface area (Å²) in [6, 6.07) is 12.6. The molecular weight excluding hydrogens is 450 g/mol. The second kappa shape index (κ2) is 9.07. The van der Waals surface area contributed by atoms with Gasteiger partial charge in [0.05, 0.1) is 19.3 Å². The van der Waals surface area contributed by atoms with E-state index in [1.54, 1.807) is 31.4 Å². The van der Waals surface area contributed by atoms with E-state index < -0.39 is 18.2 Å². The number of rotatable bonds is 5. The number of benzene rings is 2. The zero-order chi connectivity index (χ0) is 24.7. The van der Waals surface area contributed by atoms with Crippen LogP contribution in [0.3, 0.4) is 0 Å². The van der Waals surface area contributed by atoms with Crippen molar-refractivity contribution in [2.45, 2.75) is 44.5 Å². The lowest BCUT2D eigenvalue weighted by molar-refractivity contribution is -0.184. The van der Waals surface area contributed by atoms with E-state index in [2.05, 4.69) is 19.9 Å². The van der Waals surface area contributed by atoms with Crippen molar-refractivity contribution in [3.63, 3.8) is 0 Å². The largest absolute Gasteiger partial charge is 0.493 e. The number of methoxy groups -OCH3 is 1. The van der Waals surface area contributed by atoms with Crippen molar-refractivity contribution in [2.24, 2.45) is 11.8 Å². The third-order valence-electron chi connectivity index (χ3n) is 7.43. The molecule has 0 bridgehead atoms. The van der Waals surface area contributed by atoms with Crippen LogP contribution in [0.2, 0.25) is 0 Å². The summed E-state index contributed by atoms with van der Waals surface area (Å²) < 4.78 is 24.0. The van der Waals surface area contributed by atoms with Crippen molar-refractivity contribution in [1.29, 1.82) is 0 Å². The standard InChI is InChI=1S/C27H31NO7/c1-27(2)20-13-17-14-28(26(31)16-6-4-7-18(12-16)33-15-23(29)30)11-10-21(17)34-24(20)19-8-5-9-22(32-3)25(19)35-27/h4-9,12,17,20-21,24H,10-11,13-15H2,1-3H3,(H,29,30)/t17-,20+,21+,24-/m0/s1. The fourth-order valence-electron chi connectivity index (χ4n) is 5.68. The van der Waals surface area contributed by atoms with Gasteiger partial charge in [-0.3, -0.25) is 4.79 Å². The summed E-state index contributed by atoms with van der Waals surface area (Å²) in [5, 5.41) is 8.84. The number of amides is 1. The van der Waals surface area contributed by atoms with Gasteiger partial charge in [-0.2, -0.15) is 0 Å². The van der Waals surface area contributed by atoms with Gasteiger partial charge in [0.25, 0.3) is 5.91 Å². The fraction of sp³-hybridized carbons (Fsp3) is 0.481. The molecule has 186 valence electrons. The van der Waals surface area contributed by atoms with E-state index in [0.717, 1.165) is 29.9 Å². The van der Waals surface area contributed by atoms with E-state index in [4.69, 9.17) is 24.1 Å². The van der Waals surface area contributed by atoms with Crippen LogP contribution in [0.15, 0.2) is 42.5 Å². The normalized spacial score (nSPS) is 26.4. The van der Waals surface area contributed by atoms with Crippen molar-refractivity contribution in [2.75, 3.05) is 26.8 Å². The van der Waals surface area contributed by atoms with Crippen LogP contribution in [-0.2, 0) is 9.53 Å². The molecule has 5 rings (SSSR count). The number of aliphatic carboxylic acids is 1. The summed E-state index contributed by atoms with van der Waals surface area (Å²) in [4.78, 5) is 25.9. The zero-order valence-electron chi connectivity index (χ0n) is 20.2. The smallest absolute Gasteiger partial charge is 0.341 e. The van der Waals surface area contributed by atoms with Crippen molar-refractivity contribution < 1.29 is 33.6 Å². The SMILES string of the molecule is COc1cccc2c1OC(C)(C)[C@@H]1C[C@H]3CN(C(=O)c4cccc(OCC(=O)O)c4)CC[C@H]3O[C@@H]21. The minimum Gasteiger partial charge on any atom is -0.493 e. The number of carboxylic acid groups (broad SMARTS) is 1. The molecule has 0 saturated carbocycles. The van der Waals surface area contributed by atoms with Gasteiger partial charge in [-0.15, -0.1) is 0 Å². The van der Waals surface area contributed by atoms with Crippen LogP contribution in [0.25, 0.3) is 0 Å². The first kappa shape index (κ1) is 23.5. The van der Waals surface area contributed by atoms with Crippen molar-refractivity contribution >= 4 is 11.9 Å². The highest BCUT2D eigenvalue weighted by Crippen LogP contribution is 2.55. The number of hydrogen-bond donors (Lipinski definition) is 1. The molecule has 2 saturated heterocycles. The van der Waals surface area contributed by atoms with Gasteiger partial charge in [0, 0.05) is 36.1 Å². The molecule has 1 N–H and O–H groups in total. The predicted molar refractivity (Wildman–Crippen MR) is 127 cm³/mol. The Morgan fingerprint density at radius 3 is 2.77 bits per heavy atom. The van der Waals surface area contributed by atoms with Crippen LogP contribution in [-0.4, -0.2) is 60.4 Å². The van der Waals surface area contributed by atoms with Crippen molar-refractivity contribution in [1.82, 2.24) is 4.90 Å². The van der Waals surface area contributed by atoms with Gasteiger partial charge in [0.1, 0.15) is 11.4 Å². The Bertz CT molecular complexity index is 1130. The molecule has 3 heterocycles. The minimum absolute atomic E-state index is 0.0680. The molecule has 3 aliphatic rings. The van der Waals surface area contributed by atoms with Crippen LogP contribution in [0, 0.1) is 11.8 Å². The second-order valence-electron chi connectivity index (χ2n) is 10.0. The lowest BCUT2D eigenvalue weighted by Gasteiger charge is -2.53. The van der Waals surface area contributed by atoms with E-state index in [0.29, 0.717) is 24.4 Å². The fourth-order valence-corrected chi connectivity index (χ4v) is 5.68. The Hall–Kier alpha value is -3.26. The highest BCUT2D eigenvalue weighted by molar-refractivity contribution is 5.94. The molecule has 0 spiro atoms. The van der Waals surface area contributed by atoms with E-state index in [1.165, 1.54) is 0 Å². The summed E-state index contributed by atoms with van der Waals surface area (Å²) in [6.07, 6.45) is 1.65. The molecular formula is C27H31NO7. The first-order valence-electron chi connectivity index (χ1n) is 12.0. The van der Waals surface area contributed by atoms with Crippen molar-refractivity contribution in [3.05, 3.63) is 53.6 Å². The monoisotopic (exact) mass is 481 g/mol. The predicted octanol–water partition coefficient (Wildman–Crippen LogP) is 3.94. The first-order valence-corrected chi connectivity index (χ1v) is 12.0. The van der Waals surface area contributed by atoms with Gasteiger partial charge in [-0.05, 0) is 51.0 Å². The number of ether oxygens (including phenoxy) is 4. The van der Waals surface area contributed by atoms with E-state index >= 15 is 0 Å². The second-order valence-corrected chi connectivity index (χ2v) is 10.0. The molecule has 2 aromatic rings. The number of carboxylic acids is 1. The number of nitrogens with zero attached hydrogens (tertiary/aromatic N) is 1. The molecule has 0 aromatic heterocycles. The summed E-state index contributed by atoms with van der Waals surface area (Å²) >= 11 is 0. The molecule has 0 unspecified atom stereocenters. The maximum atomic E-state index is 13.3. The molecule has 8 nitrogen and oxygen atoms in total. The Morgan fingerprint density at radius 2 is 2.00 bits per heavy atom. The summed E-state index contributed by atoms with van der Waals surface area (Å²) in [5.41, 5.74) is 1.08.